The van der Waals surface area contributed by atoms with E-state index in [2.05, 4.69) is 5.32 Å². The van der Waals surface area contributed by atoms with Crippen LogP contribution in [0.25, 0.3) is 0 Å². The SMILES string of the molecule is Cc1cccc(C)c1C(=O)NC(C)(C)C(=O)O. The van der Waals surface area contributed by atoms with Gasteiger partial charge in [0, 0.05) is 5.56 Å². The van der Waals surface area contributed by atoms with Crippen LogP contribution in [0.5, 0.6) is 0 Å². The minimum absolute atomic E-state index is 0.354. The van der Waals surface area contributed by atoms with Gasteiger partial charge in [-0.05, 0) is 38.8 Å². The van der Waals surface area contributed by atoms with Crippen molar-refractivity contribution in [3.63, 3.8) is 0 Å². The van der Waals surface area contributed by atoms with E-state index in [1.165, 1.54) is 13.8 Å². The minimum Gasteiger partial charge on any atom is -0.480 e. The fourth-order valence-electron chi connectivity index (χ4n) is 1.57. The van der Waals surface area contributed by atoms with Crippen molar-refractivity contribution in [3.05, 3.63) is 34.9 Å². The second-order valence-electron chi connectivity index (χ2n) is 4.65. The topological polar surface area (TPSA) is 66.4 Å². The number of amides is 1. The van der Waals surface area contributed by atoms with E-state index in [1.54, 1.807) is 0 Å². The van der Waals surface area contributed by atoms with Crippen LogP contribution in [-0.4, -0.2) is 22.5 Å². The first-order chi connectivity index (χ1) is 7.75. The smallest absolute Gasteiger partial charge is 0.328 e. The van der Waals surface area contributed by atoms with Crippen LogP contribution in [0.3, 0.4) is 0 Å². The Morgan fingerprint density at radius 2 is 1.65 bits per heavy atom. The van der Waals surface area contributed by atoms with Crippen molar-refractivity contribution in [1.82, 2.24) is 5.32 Å². The molecule has 0 spiro atoms. The van der Waals surface area contributed by atoms with Gasteiger partial charge in [0.15, 0.2) is 0 Å². The van der Waals surface area contributed by atoms with E-state index in [9.17, 15) is 9.59 Å². The monoisotopic (exact) mass is 235 g/mol. The van der Waals surface area contributed by atoms with Crippen LogP contribution in [0.2, 0.25) is 0 Å². The van der Waals surface area contributed by atoms with Crippen molar-refractivity contribution in [2.45, 2.75) is 33.2 Å². The quantitative estimate of drug-likeness (QED) is 0.840. The minimum atomic E-state index is -1.27. The average Bonchev–Trinajstić information content (AvgIpc) is 2.15. The number of aliphatic carboxylic acids is 1. The summed E-state index contributed by atoms with van der Waals surface area (Å²) in [6, 6.07) is 5.52. The molecule has 1 aromatic rings. The molecule has 0 aliphatic carbocycles. The van der Waals surface area contributed by atoms with E-state index in [1.807, 2.05) is 32.0 Å². The lowest BCUT2D eigenvalue weighted by atomic mass is 10.00. The second kappa shape index (κ2) is 4.57. The highest BCUT2D eigenvalue weighted by Crippen LogP contribution is 2.14. The standard InChI is InChI=1S/C13H17NO3/c1-8-6-5-7-9(2)10(8)11(15)14-13(3,4)12(16)17/h5-7H,1-4H3,(H,14,15)(H,16,17). The zero-order valence-corrected chi connectivity index (χ0v) is 10.5. The van der Waals surface area contributed by atoms with Gasteiger partial charge < -0.3 is 10.4 Å². The number of carbonyl (C=O) groups excluding carboxylic acids is 1. The molecular formula is C13H17NO3. The first-order valence-electron chi connectivity index (χ1n) is 5.38. The third-order valence-corrected chi connectivity index (χ3v) is 2.67. The van der Waals surface area contributed by atoms with Crippen molar-refractivity contribution in [2.24, 2.45) is 0 Å². The Morgan fingerprint density at radius 1 is 1.18 bits per heavy atom. The fourth-order valence-corrected chi connectivity index (χ4v) is 1.57. The summed E-state index contributed by atoms with van der Waals surface area (Å²) < 4.78 is 0. The maximum Gasteiger partial charge on any atom is 0.328 e. The Kier molecular flexibility index (Phi) is 3.56. The highest BCUT2D eigenvalue weighted by Gasteiger charge is 2.30. The molecule has 0 atom stereocenters. The number of aryl methyl sites for hydroxylation is 2. The van der Waals surface area contributed by atoms with Gasteiger partial charge in [-0.2, -0.15) is 0 Å². The molecule has 0 saturated heterocycles. The zero-order valence-electron chi connectivity index (χ0n) is 10.5. The van der Waals surface area contributed by atoms with Gasteiger partial charge in [0.1, 0.15) is 5.54 Å². The van der Waals surface area contributed by atoms with Gasteiger partial charge in [0.2, 0.25) is 0 Å². The summed E-state index contributed by atoms with van der Waals surface area (Å²) >= 11 is 0. The van der Waals surface area contributed by atoms with Crippen LogP contribution in [-0.2, 0) is 4.79 Å². The highest BCUT2D eigenvalue weighted by atomic mass is 16.4. The maximum absolute atomic E-state index is 12.0. The van der Waals surface area contributed by atoms with Crippen molar-refractivity contribution < 1.29 is 14.7 Å². The molecule has 0 radical (unpaired) electrons. The molecule has 0 aliphatic heterocycles. The summed E-state index contributed by atoms with van der Waals surface area (Å²) in [6.07, 6.45) is 0. The predicted molar refractivity (Wildman–Crippen MR) is 65.1 cm³/mol. The molecule has 0 aromatic heterocycles. The van der Waals surface area contributed by atoms with Crippen molar-refractivity contribution in [1.29, 1.82) is 0 Å². The molecule has 0 saturated carbocycles. The summed E-state index contributed by atoms with van der Waals surface area (Å²) in [5.41, 5.74) is 0.945. The number of carboxylic acid groups (broad SMARTS) is 1. The molecule has 4 nitrogen and oxygen atoms in total. The van der Waals surface area contributed by atoms with Crippen LogP contribution in [0.15, 0.2) is 18.2 Å². The summed E-state index contributed by atoms with van der Waals surface area (Å²) in [5, 5.41) is 11.5. The van der Waals surface area contributed by atoms with E-state index >= 15 is 0 Å². The number of carbonyl (C=O) groups is 2. The van der Waals surface area contributed by atoms with Gasteiger partial charge in [0.25, 0.3) is 5.91 Å². The lowest BCUT2D eigenvalue weighted by molar-refractivity contribution is -0.143. The molecule has 1 amide bonds. The van der Waals surface area contributed by atoms with Gasteiger partial charge in [-0.3, -0.25) is 4.79 Å². The van der Waals surface area contributed by atoms with E-state index in [-0.39, 0.29) is 5.91 Å². The summed E-state index contributed by atoms with van der Waals surface area (Å²) in [6.45, 7) is 6.58. The Hall–Kier alpha value is -1.84. The largest absolute Gasteiger partial charge is 0.480 e. The van der Waals surface area contributed by atoms with Gasteiger partial charge in [-0.1, -0.05) is 18.2 Å². The van der Waals surface area contributed by atoms with Crippen LogP contribution in [0.4, 0.5) is 0 Å². The molecule has 0 fully saturated rings. The highest BCUT2D eigenvalue weighted by molar-refractivity contribution is 5.99. The number of carboxylic acids is 1. The molecule has 0 aliphatic rings. The van der Waals surface area contributed by atoms with Crippen LogP contribution >= 0.6 is 0 Å². The third kappa shape index (κ3) is 2.84. The first-order valence-corrected chi connectivity index (χ1v) is 5.38. The van der Waals surface area contributed by atoms with Crippen molar-refractivity contribution in [3.8, 4) is 0 Å². The summed E-state index contributed by atoms with van der Waals surface area (Å²) in [5.74, 6) is -1.41. The van der Waals surface area contributed by atoms with E-state index in [0.717, 1.165) is 11.1 Å². The molecule has 0 bridgehead atoms. The molecule has 2 N–H and O–H groups in total. The van der Waals surface area contributed by atoms with Crippen LogP contribution in [0, 0.1) is 13.8 Å². The molecular weight excluding hydrogens is 218 g/mol. The first kappa shape index (κ1) is 13.2. The lowest BCUT2D eigenvalue weighted by Gasteiger charge is -2.22. The van der Waals surface area contributed by atoms with E-state index < -0.39 is 11.5 Å². The van der Waals surface area contributed by atoms with Crippen molar-refractivity contribution >= 4 is 11.9 Å². The number of hydrogen-bond donors (Lipinski definition) is 2. The molecule has 4 heteroatoms. The molecule has 0 heterocycles. The predicted octanol–water partition coefficient (Wildman–Crippen LogP) is 1.90. The van der Waals surface area contributed by atoms with Gasteiger partial charge in [0.05, 0.1) is 0 Å². The second-order valence-corrected chi connectivity index (χ2v) is 4.65. The maximum atomic E-state index is 12.0. The number of hydrogen-bond acceptors (Lipinski definition) is 2. The van der Waals surface area contributed by atoms with Gasteiger partial charge in [-0.15, -0.1) is 0 Å². The Labute approximate surface area is 101 Å². The van der Waals surface area contributed by atoms with Crippen molar-refractivity contribution in [2.75, 3.05) is 0 Å². The number of rotatable bonds is 3. The molecule has 1 rings (SSSR count). The normalized spacial score (nSPS) is 11.1. The van der Waals surface area contributed by atoms with Gasteiger partial charge in [-0.25, -0.2) is 4.79 Å². The van der Waals surface area contributed by atoms with E-state index in [4.69, 9.17) is 5.11 Å². The van der Waals surface area contributed by atoms with E-state index in [0.29, 0.717) is 5.56 Å². The molecule has 92 valence electrons. The number of nitrogens with one attached hydrogen (secondary N) is 1. The van der Waals surface area contributed by atoms with Gasteiger partial charge >= 0.3 is 5.97 Å². The Balaban J connectivity index is 3.03. The zero-order chi connectivity index (χ0) is 13.2. The fraction of sp³-hybridized carbons (Fsp3) is 0.385. The average molecular weight is 235 g/mol. The molecule has 0 unspecified atom stereocenters. The lowest BCUT2D eigenvalue weighted by Crippen LogP contribution is -2.49. The Morgan fingerprint density at radius 3 is 2.06 bits per heavy atom. The van der Waals surface area contributed by atoms with Crippen LogP contribution in [0.1, 0.15) is 35.3 Å². The summed E-state index contributed by atoms with van der Waals surface area (Å²) in [4.78, 5) is 23.0. The molecule has 1 aromatic carbocycles. The number of benzene rings is 1. The molecule has 17 heavy (non-hydrogen) atoms. The summed E-state index contributed by atoms with van der Waals surface area (Å²) in [7, 11) is 0. The third-order valence-electron chi connectivity index (χ3n) is 2.67. The van der Waals surface area contributed by atoms with Crippen LogP contribution < -0.4 is 5.32 Å². The Bertz CT molecular complexity index is 443.